The van der Waals surface area contributed by atoms with Crippen LogP contribution in [0.1, 0.15) is 48.0 Å². The topological polar surface area (TPSA) is 131 Å². The largest absolute Gasteiger partial charge is 0.469 e. The number of nitrogens with one attached hydrogen (secondary N) is 2. The average Bonchev–Trinajstić information content (AvgIpc) is 3.18. The van der Waals surface area contributed by atoms with Crippen molar-refractivity contribution in [1.29, 1.82) is 0 Å². The molecule has 8 nitrogen and oxygen atoms in total. The van der Waals surface area contributed by atoms with Gasteiger partial charge in [-0.05, 0) is 49.9 Å². The summed E-state index contributed by atoms with van der Waals surface area (Å²) in [5, 5.41) is 14.9. The van der Waals surface area contributed by atoms with Gasteiger partial charge in [-0.1, -0.05) is 18.6 Å². The molecular formula is C20H29N3O5. The van der Waals surface area contributed by atoms with Crippen molar-refractivity contribution in [2.24, 2.45) is 11.7 Å². The minimum absolute atomic E-state index is 0.172. The number of aliphatic hydroxyl groups is 1. The van der Waals surface area contributed by atoms with Crippen molar-refractivity contribution in [2.75, 3.05) is 13.7 Å². The number of hydrogen-bond acceptors (Lipinski definition) is 6. The number of carbonyl (C=O) groups excluding carboxylic acids is 3. The lowest BCUT2D eigenvalue weighted by atomic mass is 10.0. The monoisotopic (exact) mass is 391 g/mol. The second-order valence-electron chi connectivity index (χ2n) is 6.99. The van der Waals surface area contributed by atoms with Crippen molar-refractivity contribution in [1.82, 2.24) is 10.6 Å². The summed E-state index contributed by atoms with van der Waals surface area (Å²) in [6, 6.07) is 5.54. The quantitative estimate of drug-likeness (QED) is 0.453. The van der Waals surface area contributed by atoms with E-state index in [9.17, 15) is 19.5 Å². The Morgan fingerprint density at radius 3 is 2.79 bits per heavy atom. The number of esters is 1. The Labute approximate surface area is 164 Å². The van der Waals surface area contributed by atoms with Gasteiger partial charge < -0.3 is 26.2 Å². The van der Waals surface area contributed by atoms with Crippen LogP contribution < -0.4 is 16.4 Å². The van der Waals surface area contributed by atoms with E-state index in [1.807, 2.05) is 0 Å². The summed E-state index contributed by atoms with van der Waals surface area (Å²) in [6.45, 7) is 0.225. The molecule has 1 aromatic carbocycles. The molecule has 2 rings (SSSR count). The number of carbonyl (C=O) groups is 3. The molecule has 2 amide bonds. The lowest BCUT2D eigenvalue weighted by Crippen LogP contribution is -2.51. The third-order valence-electron chi connectivity index (χ3n) is 5.04. The lowest BCUT2D eigenvalue weighted by Gasteiger charge is -2.24. The van der Waals surface area contributed by atoms with Gasteiger partial charge in [0.2, 0.25) is 5.91 Å². The van der Waals surface area contributed by atoms with Crippen LogP contribution in [0, 0.1) is 5.92 Å². The Hall–Kier alpha value is -2.45. The molecule has 1 aromatic rings. The highest BCUT2D eigenvalue weighted by Crippen LogP contribution is 2.26. The molecule has 1 aliphatic carbocycles. The number of ether oxygens (including phenoxy) is 1. The molecule has 0 aliphatic heterocycles. The number of hydrogen-bond donors (Lipinski definition) is 4. The first-order chi connectivity index (χ1) is 13.5. The Bertz CT molecular complexity index is 694. The second-order valence-corrected chi connectivity index (χ2v) is 6.99. The highest BCUT2D eigenvalue weighted by molar-refractivity contribution is 5.97. The van der Waals surface area contributed by atoms with Gasteiger partial charge in [0.25, 0.3) is 5.91 Å². The molecule has 5 N–H and O–H groups in total. The number of amides is 2. The standard InChI is InChI=1S/C20H29N3O5/c1-28-20(27)15-7-3-8-16(15)22-19(26)17(9-4-10-21)23-18(25)14-6-2-5-13(11-14)12-24/h2,5-6,11,15-17,24H,3-4,7-10,12,21H2,1H3,(H,22,26)(H,23,25)/t15-,16?,17+/m1/s1. The summed E-state index contributed by atoms with van der Waals surface area (Å²) in [6.07, 6.45) is 3.16. The molecule has 0 bridgehead atoms. The summed E-state index contributed by atoms with van der Waals surface area (Å²) < 4.78 is 4.82. The molecule has 0 aromatic heterocycles. The zero-order valence-electron chi connectivity index (χ0n) is 16.1. The average molecular weight is 391 g/mol. The van der Waals surface area contributed by atoms with Gasteiger partial charge in [0, 0.05) is 11.6 Å². The van der Waals surface area contributed by atoms with E-state index in [2.05, 4.69) is 10.6 Å². The molecule has 154 valence electrons. The third kappa shape index (κ3) is 5.77. The van der Waals surface area contributed by atoms with Gasteiger partial charge in [0.1, 0.15) is 6.04 Å². The van der Waals surface area contributed by atoms with Crippen LogP contribution in [0.4, 0.5) is 0 Å². The summed E-state index contributed by atoms with van der Waals surface area (Å²) in [4.78, 5) is 37.3. The Balaban J connectivity index is 2.05. The SMILES string of the molecule is COC(=O)[C@@H]1CCCC1NC(=O)[C@H](CCCN)NC(=O)c1cccc(CO)c1. The fourth-order valence-electron chi connectivity index (χ4n) is 3.49. The van der Waals surface area contributed by atoms with Crippen LogP contribution in [0.25, 0.3) is 0 Å². The van der Waals surface area contributed by atoms with Crippen molar-refractivity contribution < 1.29 is 24.2 Å². The first kappa shape index (κ1) is 21.8. The first-order valence-corrected chi connectivity index (χ1v) is 9.59. The molecule has 0 heterocycles. The van der Waals surface area contributed by atoms with Crippen LogP contribution in [0.3, 0.4) is 0 Å². The Kier molecular flexibility index (Phi) is 8.41. The minimum Gasteiger partial charge on any atom is -0.469 e. The zero-order valence-corrected chi connectivity index (χ0v) is 16.1. The molecule has 8 heteroatoms. The predicted molar refractivity (Wildman–Crippen MR) is 103 cm³/mol. The van der Waals surface area contributed by atoms with E-state index in [0.717, 1.165) is 6.42 Å². The highest BCUT2D eigenvalue weighted by atomic mass is 16.5. The van der Waals surface area contributed by atoms with Crippen LogP contribution in [0.15, 0.2) is 24.3 Å². The van der Waals surface area contributed by atoms with Gasteiger partial charge in [0.05, 0.1) is 19.6 Å². The van der Waals surface area contributed by atoms with E-state index in [1.165, 1.54) is 7.11 Å². The summed E-state index contributed by atoms with van der Waals surface area (Å²) in [7, 11) is 1.34. The zero-order chi connectivity index (χ0) is 20.5. The summed E-state index contributed by atoms with van der Waals surface area (Å²) in [5.74, 6) is -1.42. The normalized spacial score (nSPS) is 19.7. The van der Waals surface area contributed by atoms with Gasteiger partial charge in [-0.25, -0.2) is 0 Å². The van der Waals surface area contributed by atoms with E-state index in [-0.39, 0.29) is 30.4 Å². The van der Waals surface area contributed by atoms with Crippen LogP contribution >= 0.6 is 0 Å². The van der Waals surface area contributed by atoms with Gasteiger partial charge in [-0.3, -0.25) is 14.4 Å². The number of nitrogens with two attached hydrogens (primary N) is 1. The van der Waals surface area contributed by atoms with Crippen molar-refractivity contribution in [3.05, 3.63) is 35.4 Å². The maximum absolute atomic E-state index is 12.8. The maximum Gasteiger partial charge on any atom is 0.310 e. The Morgan fingerprint density at radius 2 is 2.11 bits per heavy atom. The fourth-order valence-corrected chi connectivity index (χ4v) is 3.49. The van der Waals surface area contributed by atoms with Crippen LogP contribution in [-0.2, 0) is 20.9 Å². The minimum atomic E-state index is -0.757. The molecule has 3 atom stereocenters. The molecule has 0 spiro atoms. The van der Waals surface area contributed by atoms with Crippen molar-refractivity contribution >= 4 is 17.8 Å². The van der Waals surface area contributed by atoms with E-state index >= 15 is 0 Å². The van der Waals surface area contributed by atoms with Gasteiger partial charge in [-0.2, -0.15) is 0 Å². The maximum atomic E-state index is 12.8. The molecule has 0 radical (unpaired) electrons. The smallest absolute Gasteiger partial charge is 0.310 e. The number of benzene rings is 1. The third-order valence-corrected chi connectivity index (χ3v) is 5.04. The van der Waals surface area contributed by atoms with Gasteiger partial charge in [0.15, 0.2) is 0 Å². The van der Waals surface area contributed by atoms with Crippen LogP contribution in [0.2, 0.25) is 0 Å². The Morgan fingerprint density at radius 1 is 1.32 bits per heavy atom. The molecule has 1 unspecified atom stereocenters. The molecular weight excluding hydrogens is 362 g/mol. The van der Waals surface area contributed by atoms with Crippen molar-refractivity contribution in [3.8, 4) is 0 Å². The highest BCUT2D eigenvalue weighted by Gasteiger charge is 2.36. The number of rotatable bonds is 9. The second kappa shape index (κ2) is 10.8. The van der Waals surface area contributed by atoms with E-state index in [4.69, 9.17) is 10.5 Å². The van der Waals surface area contributed by atoms with E-state index in [0.29, 0.717) is 43.4 Å². The molecule has 0 saturated heterocycles. The summed E-state index contributed by atoms with van der Waals surface area (Å²) in [5.41, 5.74) is 6.55. The molecule has 28 heavy (non-hydrogen) atoms. The van der Waals surface area contributed by atoms with E-state index < -0.39 is 11.9 Å². The first-order valence-electron chi connectivity index (χ1n) is 9.59. The number of aliphatic hydroxyl groups excluding tert-OH is 1. The molecule has 1 fully saturated rings. The molecule has 1 saturated carbocycles. The van der Waals surface area contributed by atoms with E-state index in [1.54, 1.807) is 24.3 Å². The molecule has 1 aliphatic rings. The summed E-state index contributed by atoms with van der Waals surface area (Å²) >= 11 is 0. The van der Waals surface area contributed by atoms with Crippen LogP contribution in [0.5, 0.6) is 0 Å². The van der Waals surface area contributed by atoms with Gasteiger partial charge >= 0.3 is 5.97 Å². The number of methoxy groups -OCH3 is 1. The van der Waals surface area contributed by atoms with Crippen LogP contribution in [-0.4, -0.2) is 48.6 Å². The lowest BCUT2D eigenvalue weighted by molar-refractivity contribution is -0.146. The van der Waals surface area contributed by atoms with Gasteiger partial charge in [-0.15, -0.1) is 0 Å². The fraction of sp³-hybridized carbons (Fsp3) is 0.550. The van der Waals surface area contributed by atoms with Crippen molar-refractivity contribution in [3.63, 3.8) is 0 Å². The van der Waals surface area contributed by atoms with Crippen molar-refractivity contribution in [2.45, 2.75) is 50.8 Å². The predicted octanol–water partition coefficient (Wildman–Crippen LogP) is 0.474.